The second kappa shape index (κ2) is 14.1. The molecule has 3 heterocycles. The number of nitrogens with zero attached hydrogens (tertiary/aromatic N) is 3. The summed E-state index contributed by atoms with van der Waals surface area (Å²) in [6.07, 6.45) is 12.1. The first-order valence-electron chi connectivity index (χ1n) is 14.6. The van der Waals surface area contributed by atoms with E-state index in [0.29, 0.717) is 25.4 Å². The maximum atomic E-state index is 15.3. The van der Waals surface area contributed by atoms with E-state index in [1.807, 2.05) is 24.4 Å². The van der Waals surface area contributed by atoms with Crippen molar-refractivity contribution >= 4 is 6.29 Å². The molecule has 2 aromatic rings. The first kappa shape index (κ1) is 28.6. The van der Waals surface area contributed by atoms with Crippen molar-refractivity contribution in [2.75, 3.05) is 26.7 Å². The summed E-state index contributed by atoms with van der Waals surface area (Å²) in [5.74, 6) is 1.34. The Morgan fingerprint density at radius 3 is 2.76 bits per heavy atom. The van der Waals surface area contributed by atoms with E-state index >= 15 is 4.39 Å². The van der Waals surface area contributed by atoms with E-state index in [1.54, 1.807) is 7.11 Å². The third kappa shape index (κ3) is 6.78. The Morgan fingerprint density at radius 1 is 1.24 bits per heavy atom. The predicted octanol–water partition coefficient (Wildman–Crippen LogP) is 5.52. The number of methoxy groups -OCH3 is 1. The zero-order chi connectivity index (χ0) is 26.9. The highest BCUT2D eigenvalue weighted by molar-refractivity contribution is 5.62. The van der Waals surface area contributed by atoms with E-state index < -0.39 is 6.17 Å². The standard InChI is InChI=1S/C31H45FN4O2/c1-3-28-25(12-7-16-33)30(38-2)19-24(35-28)11-4-5-14-27(32)23-15-18-36(20-23)29(21-37)26-13-8-17-34-31(26)22-9-6-10-22/h8,13,17,19,21-23,27,29H,3-7,9-12,14-16,18,20,33H2,1-2H3/t23-,27-,29-/m1/s1. The summed E-state index contributed by atoms with van der Waals surface area (Å²) in [4.78, 5) is 23.9. The summed E-state index contributed by atoms with van der Waals surface area (Å²) < 4.78 is 20.9. The third-order valence-electron chi connectivity index (χ3n) is 8.54. The minimum atomic E-state index is -0.848. The van der Waals surface area contributed by atoms with Crippen molar-refractivity contribution in [1.82, 2.24) is 14.9 Å². The molecule has 0 aromatic carbocycles. The number of carbonyl (C=O) groups excluding carboxylic acids is 1. The molecule has 208 valence electrons. The summed E-state index contributed by atoms with van der Waals surface area (Å²) in [6.45, 7) is 4.16. The van der Waals surface area contributed by atoms with Crippen molar-refractivity contribution in [3.8, 4) is 5.75 Å². The summed E-state index contributed by atoms with van der Waals surface area (Å²) >= 11 is 0. The monoisotopic (exact) mass is 524 g/mol. The number of hydrogen-bond donors (Lipinski definition) is 1. The molecule has 1 aliphatic carbocycles. The van der Waals surface area contributed by atoms with Crippen molar-refractivity contribution in [2.45, 2.75) is 95.7 Å². The number of aldehydes is 1. The van der Waals surface area contributed by atoms with Gasteiger partial charge in [0.2, 0.25) is 0 Å². The molecule has 0 bridgehead atoms. The fourth-order valence-electron chi connectivity index (χ4n) is 6.11. The van der Waals surface area contributed by atoms with Gasteiger partial charge in [-0.25, -0.2) is 4.39 Å². The van der Waals surface area contributed by atoms with Gasteiger partial charge in [0, 0.05) is 53.3 Å². The van der Waals surface area contributed by atoms with E-state index in [1.165, 1.54) is 12.0 Å². The van der Waals surface area contributed by atoms with Crippen molar-refractivity contribution in [3.05, 3.63) is 52.6 Å². The molecular weight excluding hydrogens is 479 g/mol. The summed E-state index contributed by atoms with van der Waals surface area (Å²) in [7, 11) is 1.71. The number of rotatable bonds is 15. The highest BCUT2D eigenvalue weighted by Crippen LogP contribution is 2.40. The van der Waals surface area contributed by atoms with Crippen molar-refractivity contribution < 1.29 is 13.9 Å². The number of aromatic nitrogens is 2. The Balaban J connectivity index is 1.28. The van der Waals surface area contributed by atoms with Crippen LogP contribution in [0.15, 0.2) is 24.4 Å². The molecule has 2 fully saturated rings. The van der Waals surface area contributed by atoms with Gasteiger partial charge in [-0.3, -0.25) is 14.9 Å². The fourth-order valence-corrected chi connectivity index (χ4v) is 6.11. The molecule has 38 heavy (non-hydrogen) atoms. The number of pyridine rings is 2. The Bertz CT molecular complexity index is 1020. The minimum absolute atomic E-state index is 0.0204. The number of ether oxygens (including phenoxy) is 1. The van der Waals surface area contributed by atoms with Crippen LogP contribution in [0.1, 0.15) is 98.5 Å². The molecule has 0 spiro atoms. The van der Waals surface area contributed by atoms with Gasteiger partial charge >= 0.3 is 0 Å². The SMILES string of the molecule is CCc1nc(CCCC[C@@H](F)[C@@H]2CCN([C@H](C=O)c3cccnc3C3CCC3)C2)cc(OC)c1CCCN. The molecule has 2 aromatic heterocycles. The van der Waals surface area contributed by atoms with Crippen LogP contribution in [0, 0.1) is 5.92 Å². The van der Waals surface area contributed by atoms with E-state index in [9.17, 15) is 4.79 Å². The Labute approximate surface area is 227 Å². The lowest BCUT2D eigenvalue weighted by Gasteiger charge is -2.31. The highest BCUT2D eigenvalue weighted by Gasteiger charge is 2.35. The number of aryl methyl sites for hydroxylation is 2. The van der Waals surface area contributed by atoms with Crippen molar-refractivity contribution in [2.24, 2.45) is 11.7 Å². The zero-order valence-electron chi connectivity index (χ0n) is 23.2. The van der Waals surface area contributed by atoms with Gasteiger partial charge in [0.1, 0.15) is 18.2 Å². The number of likely N-dealkylation sites (tertiary alicyclic amines) is 1. The van der Waals surface area contributed by atoms with Crippen LogP contribution in [0.3, 0.4) is 0 Å². The molecule has 0 unspecified atom stereocenters. The molecule has 1 aliphatic heterocycles. The molecule has 1 saturated carbocycles. The van der Waals surface area contributed by atoms with E-state index in [2.05, 4.69) is 16.8 Å². The van der Waals surface area contributed by atoms with Gasteiger partial charge in [0.15, 0.2) is 0 Å². The van der Waals surface area contributed by atoms with Crippen molar-refractivity contribution in [3.63, 3.8) is 0 Å². The molecule has 0 amide bonds. The zero-order valence-corrected chi connectivity index (χ0v) is 23.2. The lowest BCUT2D eigenvalue weighted by Crippen LogP contribution is -2.31. The van der Waals surface area contributed by atoms with Gasteiger partial charge in [0.25, 0.3) is 0 Å². The van der Waals surface area contributed by atoms with E-state index in [-0.39, 0.29) is 12.0 Å². The first-order valence-corrected chi connectivity index (χ1v) is 14.6. The third-order valence-corrected chi connectivity index (χ3v) is 8.54. The maximum absolute atomic E-state index is 15.3. The van der Waals surface area contributed by atoms with Crippen LogP contribution >= 0.6 is 0 Å². The van der Waals surface area contributed by atoms with Gasteiger partial charge in [-0.05, 0) is 82.5 Å². The normalized spacial score (nSPS) is 19.7. The van der Waals surface area contributed by atoms with Crippen LogP contribution < -0.4 is 10.5 Å². The van der Waals surface area contributed by atoms with Crippen LogP contribution in [-0.4, -0.2) is 54.1 Å². The number of nitrogens with two attached hydrogens (primary N) is 1. The highest BCUT2D eigenvalue weighted by atomic mass is 19.1. The van der Waals surface area contributed by atoms with E-state index in [0.717, 1.165) is 99.0 Å². The molecule has 3 atom stereocenters. The Morgan fingerprint density at radius 2 is 2.08 bits per heavy atom. The number of alkyl halides is 1. The lowest BCUT2D eigenvalue weighted by atomic mass is 9.80. The second-order valence-corrected chi connectivity index (χ2v) is 11.0. The van der Waals surface area contributed by atoms with Crippen LogP contribution in [-0.2, 0) is 24.1 Å². The fraction of sp³-hybridized carbons (Fsp3) is 0.645. The van der Waals surface area contributed by atoms with Crippen LogP contribution in [0.4, 0.5) is 4.39 Å². The summed E-state index contributed by atoms with van der Waals surface area (Å²) in [5.41, 5.74) is 11.1. The molecule has 0 radical (unpaired) electrons. The summed E-state index contributed by atoms with van der Waals surface area (Å²) in [6, 6.07) is 5.68. The van der Waals surface area contributed by atoms with Crippen LogP contribution in [0.2, 0.25) is 0 Å². The second-order valence-electron chi connectivity index (χ2n) is 11.0. The average molecular weight is 525 g/mol. The molecule has 2 N–H and O–H groups in total. The molecule has 6 nitrogen and oxygen atoms in total. The number of hydrogen-bond acceptors (Lipinski definition) is 6. The molecule has 7 heteroatoms. The smallest absolute Gasteiger partial charge is 0.141 e. The quantitative estimate of drug-likeness (QED) is 0.244. The molecular formula is C31H45FN4O2. The predicted molar refractivity (Wildman–Crippen MR) is 149 cm³/mol. The summed E-state index contributed by atoms with van der Waals surface area (Å²) in [5, 5.41) is 0. The number of unbranched alkanes of at least 4 members (excludes halogenated alkanes) is 1. The molecule has 1 saturated heterocycles. The van der Waals surface area contributed by atoms with Gasteiger partial charge < -0.3 is 15.3 Å². The maximum Gasteiger partial charge on any atom is 0.141 e. The Hall–Kier alpha value is -2.38. The topological polar surface area (TPSA) is 81.3 Å². The lowest BCUT2D eigenvalue weighted by molar-refractivity contribution is -0.112. The Kier molecular flexibility index (Phi) is 10.6. The van der Waals surface area contributed by atoms with Gasteiger partial charge in [-0.2, -0.15) is 0 Å². The van der Waals surface area contributed by atoms with E-state index in [4.69, 9.17) is 15.5 Å². The van der Waals surface area contributed by atoms with Gasteiger partial charge in [-0.15, -0.1) is 0 Å². The van der Waals surface area contributed by atoms with Crippen LogP contribution in [0.25, 0.3) is 0 Å². The largest absolute Gasteiger partial charge is 0.496 e. The number of halogens is 1. The minimum Gasteiger partial charge on any atom is -0.496 e. The van der Waals surface area contributed by atoms with Gasteiger partial charge in [-0.1, -0.05) is 25.8 Å². The van der Waals surface area contributed by atoms with Crippen molar-refractivity contribution in [1.29, 1.82) is 0 Å². The molecule has 2 aliphatic rings. The first-order chi connectivity index (χ1) is 18.6. The average Bonchev–Trinajstić information content (AvgIpc) is 3.40. The van der Waals surface area contributed by atoms with Crippen LogP contribution in [0.5, 0.6) is 5.75 Å². The van der Waals surface area contributed by atoms with Gasteiger partial charge in [0.05, 0.1) is 13.2 Å². The molecule has 4 rings (SSSR count). The number of carbonyl (C=O) groups is 1.